The Morgan fingerprint density at radius 3 is 2.08 bits per heavy atom. The zero-order valence-electron chi connectivity index (χ0n) is 14.0. The predicted molar refractivity (Wildman–Crippen MR) is 86.3 cm³/mol. The van der Waals surface area contributed by atoms with Crippen LogP contribution in [0.15, 0.2) is 24.3 Å². The van der Waals surface area contributed by atoms with Crippen LogP contribution in [0.1, 0.15) is 21.7 Å². The molecule has 0 atom stereocenters. The molecule has 0 unspecified atom stereocenters. The van der Waals surface area contributed by atoms with Gasteiger partial charge in [-0.2, -0.15) is 0 Å². The number of carbonyl (C=O) groups is 2. The van der Waals surface area contributed by atoms with Crippen LogP contribution in [0.5, 0.6) is 17.2 Å². The van der Waals surface area contributed by atoms with Crippen molar-refractivity contribution in [1.29, 1.82) is 0 Å². The molecule has 1 heterocycles. The minimum atomic E-state index is -0.956. The van der Waals surface area contributed by atoms with Gasteiger partial charge in [0.2, 0.25) is 11.5 Å². The van der Waals surface area contributed by atoms with Crippen LogP contribution in [0.25, 0.3) is 0 Å². The summed E-state index contributed by atoms with van der Waals surface area (Å²) in [5.41, 5.74) is 1.27. The fraction of sp³-hybridized carbons (Fsp3) is 0.294. The fourth-order valence-electron chi connectivity index (χ4n) is 2.47. The molecule has 0 aliphatic rings. The number of carboxylic acids is 1. The molecule has 0 aliphatic heterocycles. The second-order valence-electron chi connectivity index (χ2n) is 5.08. The average molecular weight is 333 g/mol. The first-order valence-electron chi connectivity index (χ1n) is 7.14. The highest BCUT2D eigenvalue weighted by Crippen LogP contribution is 2.38. The maximum Gasteiger partial charge on any atom is 0.309 e. The van der Waals surface area contributed by atoms with Crippen molar-refractivity contribution < 1.29 is 28.9 Å². The number of carbonyl (C=O) groups excluding carboxylic acids is 1. The van der Waals surface area contributed by atoms with Crippen molar-refractivity contribution in [2.24, 2.45) is 7.05 Å². The van der Waals surface area contributed by atoms with E-state index in [0.29, 0.717) is 34.2 Å². The van der Waals surface area contributed by atoms with E-state index in [4.69, 9.17) is 19.3 Å². The minimum absolute atomic E-state index is 0.154. The molecule has 2 rings (SSSR count). The topological polar surface area (TPSA) is 87.0 Å². The third kappa shape index (κ3) is 3.19. The lowest BCUT2D eigenvalue weighted by atomic mass is 10.1. The van der Waals surface area contributed by atoms with E-state index in [2.05, 4.69) is 0 Å². The van der Waals surface area contributed by atoms with Gasteiger partial charge in [0.1, 0.15) is 0 Å². The first-order chi connectivity index (χ1) is 11.4. The molecule has 2 aromatic rings. The summed E-state index contributed by atoms with van der Waals surface area (Å²) in [5.74, 6) is -0.0771. The van der Waals surface area contributed by atoms with Crippen molar-refractivity contribution in [2.45, 2.75) is 6.42 Å². The Morgan fingerprint density at radius 2 is 1.62 bits per heavy atom. The van der Waals surface area contributed by atoms with Crippen LogP contribution in [0.4, 0.5) is 0 Å². The van der Waals surface area contributed by atoms with E-state index in [1.165, 1.54) is 21.3 Å². The third-order valence-electron chi connectivity index (χ3n) is 3.72. The van der Waals surface area contributed by atoms with Gasteiger partial charge in [-0.05, 0) is 24.3 Å². The van der Waals surface area contributed by atoms with Crippen molar-refractivity contribution in [3.05, 3.63) is 41.2 Å². The largest absolute Gasteiger partial charge is 0.493 e. The highest BCUT2D eigenvalue weighted by Gasteiger charge is 2.20. The van der Waals surface area contributed by atoms with Crippen LogP contribution in [0.2, 0.25) is 0 Å². The summed E-state index contributed by atoms with van der Waals surface area (Å²) in [7, 11) is 6.08. The van der Waals surface area contributed by atoms with Crippen molar-refractivity contribution in [2.75, 3.05) is 21.3 Å². The normalized spacial score (nSPS) is 10.3. The van der Waals surface area contributed by atoms with Crippen molar-refractivity contribution in [1.82, 2.24) is 4.57 Å². The molecule has 0 bridgehead atoms. The smallest absolute Gasteiger partial charge is 0.309 e. The molecular weight excluding hydrogens is 314 g/mol. The summed E-state index contributed by atoms with van der Waals surface area (Å²) in [6.07, 6.45) is -0.154. The number of aromatic nitrogens is 1. The molecule has 0 amide bonds. The molecular formula is C17H19NO6. The van der Waals surface area contributed by atoms with E-state index in [-0.39, 0.29) is 12.2 Å². The quantitative estimate of drug-likeness (QED) is 0.779. The molecule has 0 spiro atoms. The summed E-state index contributed by atoms with van der Waals surface area (Å²) < 4.78 is 17.3. The van der Waals surface area contributed by atoms with E-state index in [1.807, 2.05) is 0 Å². The van der Waals surface area contributed by atoms with Gasteiger partial charge in [-0.1, -0.05) is 0 Å². The van der Waals surface area contributed by atoms with E-state index in [9.17, 15) is 9.59 Å². The minimum Gasteiger partial charge on any atom is -0.493 e. The van der Waals surface area contributed by atoms with Crippen molar-refractivity contribution in [3.63, 3.8) is 0 Å². The Labute approximate surface area is 139 Å². The van der Waals surface area contributed by atoms with Gasteiger partial charge < -0.3 is 23.9 Å². The highest BCUT2D eigenvalue weighted by atomic mass is 16.5. The Hall–Kier alpha value is -2.96. The number of carboxylic acid groups (broad SMARTS) is 1. The molecule has 0 saturated carbocycles. The lowest BCUT2D eigenvalue weighted by molar-refractivity contribution is -0.136. The Bertz CT molecular complexity index is 752. The number of methoxy groups -OCH3 is 3. The van der Waals surface area contributed by atoms with E-state index in [1.54, 1.807) is 35.9 Å². The number of hydrogen-bond acceptors (Lipinski definition) is 5. The van der Waals surface area contributed by atoms with Crippen LogP contribution in [0.3, 0.4) is 0 Å². The molecule has 0 aliphatic carbocycles. The number of aliphatic carboxylic acids is 1. The first kappa shape index (κ1) is 17.4. The monoisotopic (exact) mass is 333 g/mol. The molecule has 1 aromatic heterocycles. The SMILES string of the molecule is COc1cc(C(=O)c2ccc(CC(=O)O)n2C)cc(OC)c1OC. The molecule has 1 aromatic carbocycles. The van der Waals surface area contributed by atoms with Crippen LogP contribution >= 0.6 is 0 Å². The summed E-state index contributed by atoms with van der Waals surface area (Å²) in [5, 5.41) is 8.91. The first-order valence-corrected chi connectivity index (χ1v) is 7.14. The fourth-order valence-corrected chi connectivity index (χ4v) is 2.47. The van der Waals surface area contributed by atoms with Gasteiger partial charge in [-0.15, -0.1) is 0 Å². The number of benzene rings is 1. The van der Waals surface area contributed by atoms with Gasteiger partial charge in [0.05, 0.1) is 33.4 Å². The lowest BCUT2D eigenvalue weighted by Crippen LogP contribution is -2.12. The van der Waals surface area contributed by atoms with Crippen LogP contribution in [-0.4, -0.2) is 42.8 Å². The number of hydrogen-bond donors (Lipinski definition) is 1. The molecule has 7 heteroatoms. The molecule has 0 radical (unpaired) electrons. The molecule has 0 saturated heterocycles. The average Bonchev–Trinajstić information content (AvgIpc) is 2.92. The number of rotatable bonds is 7. The summed E-state index contributed by atoms with van der Waals surface area (Å²) in [4.78, 5) is 23.6. The third-order valence-corrected chi connectivity index (χ3v) is 3.72. The molecule has 1 N–H and O–H groups in total. The van der Waals surface area contributed by atoms with Crippen LogP contribution in [-0.2, 0) is 18.3 Å². The van der Waals surface area contributed by atoms with Crippen LogP contribution in [0, 0.1) is 0 Å². The van der Waals surface area contributed by atoms with Crippen molar-refractivity contribution in [3.8, 4) is 17.2 Å². The van der Waals surface area contributed by atoms with E-state index in [0.717, 1.165) is 0 Å². The lowest BCUT2D eigenvalue weighted by Gasteiger charge is -2.14. The van der Waals surface area contributed by atoms with Crippen molar-refractivity contribution >= 4 is 11.8 Å². The highest BCUT2D eigenvalue weighted by molar-refractivity contribution is 6.08. The van der Waals surface area contributed by atoms with E-state index >= 15 is 0 Å². The zero-order chi connectivity index (χ0) is 17.9. The zero-order valence-corrected chi connectivity index (χ0v) is 14.0. The van der Waals surface area contributed by atoms with Crippen LogP contribution < -0.4 is 14.2 Å². The summed E-state index contributed by atoms with van der Waals surface area (Å²) in [6, 6.07) is 6.35. The van der Waals surface area contributed by atoms with Gasteiger partial charge in [0.25, 0.3) is 0 Å². The summed E-state index contributed by atoms with van der Waals surface area (Å²) in [6.45, 7) is 0. The maximum atomic E-state index is 12.8. The second-order valence-corrected chi connectivity index (χ2v) is 5.08. The van der Waals surface area contributed by atoms with E-state index < -0.39 is 5.97 Å². The van der Waals surface area contributed by atoms with Gasteiger partial charge in [-0.25, -0.2) is 0 Å². The second kappa shape index (κ2) is 7.08. The number of ether oxygens (including phenoxy) is 3. The van der Waals surface area contributed by atoms with Gasteiger partial charge in [-0.3, -0.25) is 9.59 Å². The van der Waals surface area contributed by atoms with Gasteiger partial charge in [0.15, 0.2) is 11.5 Å². The maximum absolute atomic E-state index is 12.8. The summed E-state index contributed by atoms with van der Waals surface area (Å²) >= 11 is 0. The van der Waals surface area contributed by atoms with Gasteiger partial charge in [0, 0.05) is 18.3 Å². The Kier molecular flexibility index (Phi) is 5.13. The number of nitrogens with zero attached hydrogens (tertiary/aromatic N) is 1. The Morgan fingerprint density at radius 1 is 1.04 bits per heavy atom. The Balaban J connectivity index is 2.47. The standard InChI is InChI=1S/C17H19NO6/c1-18-11(9-15(19)20)5-6-12(18)16(21)10-7-13(22-2)17(24-4)14(8-10)23-3/h5-8H,9H2,1-4H3,(H,19,20). The van der Waals surface area contributed by atoms with Gasteiger partial charge >= 0.3 is 5.97 Å². The molecule has 24 heavy (non-hydrogen) atoms. The molecule has 0 fully saturated rings. The molecule has 7 nitrogen and oxygen atoms in total. The molecule has 128 valence electrons. The number of ketones is 1. The predicted octanol–water partition coefficient (Wildman–Crippen LogP) is 1.91.